The molecule has 6 heteroatoms. The maximum Gasteiger partial charge on any atom is 0.323 e. The second-order valence-electron chi connectivity index (χ2n) is 8.86. The highest BCUT2D eigenvalue weighted by Crippen LogP contribution is 2.41. The molecule has 3 rings (SSSR count). The average molecular weight is 526 g/mol. The zero-order valence-electron chi connectivity index (χ0n) is 18.6. The Morgan fingerprint density at radius 1 is 1.27 bits per heavy atom. The Balaban J connectivity index is 1.70. The molecule has 1 aliphatic heterocycles. The van der Waals surface area contributed by atoms with Crippen LogP contribution in [0, 0.1) is 9.49 Å². The highest BCUT2D eigenvalue weighted by molar-refractivity contribution is 14.1. The van der Waals surface area contributed by atoms with E-state index in [9.17, 15) is 9.59 Å². The van der Waals surface area contributed by atoms with Crippen molar-refractivity contribution in [1.82, 2.24) is 9.80 Å². The summed E-state index contributed by atoms with van der Waals surface area (Å²) in [6.07, 6.45) is 6.10. The van der Waals surface area contributed by atoms with E-state index in [0.29, 0.717) is 25.0 Å². The molecule has 1 aromatic rings. The fourth-order valence-electron chi connectivity index (χ4n) is 5.26. The van der Waals surface area contributed by atoms with Crippen molar-refractivity contribution >= 4 is 34.5 Å². The van der Waals surface area contributed by atoms with Crippen molar-refractivity contribution in [1.29, 1.82) is 0 Å². The van der Waals surface area contributed by atoms with Gasteiger partial charge in [0.05, 0.1) is 12.6 Å². The van der Waals surface area contributed by atoms with Crippen LogP contribution in [0.25, 0.3) is 0 Å². The summed E-state index contributed by atoms with van der Waals surface area (Å²) in [5.41, 5.74) is 1.19. The van der Waals surface area contributed by atoms with Gasteiger partial charge in [-0.3, -0.25) is 14.5 Å². The van der Waals surface area contributed by atoms with Crippen LogP contribution in [0.15, 0.2) is 24.3 Å². The van der Waals surface area contributed by atoms with E-state index in [2.05, 4.69) is 58.7 Å². The van der Waals surface area contributed by atoms with Crippen LogP contribution in [0.3, 0.4) is 0 Å². The van der Waals surface area contributed by atoms with E-state index in [1.807, 2.05) is 25.8 Å². The Hall–Kier alpha value is -1.15. The van der Waals surface area contributed by atoms with Gasteiger partial charge in [-0.2, -0.15) is 0 Å². The van der Waals surface area contributed by atoms with Crippen molar-refractivity contribution < 1.29 is 14.3 Å². The number of halogens is 1. The minimum absolute atomic E-state index is 0.156. The molecular weight excluding hydrogens is 491 g/mol. The molecule has 1 aromatic carbocycles. The molecule has 5 atom stereocenters. The van der Waals surface area contributed by atoms with E-state index in [1.54, 1.807) is 0 Å². The zero-order valence-corrected chi connectivity index (χ0v) is 20.8. The molecule has 30 heavy (non-hydrogen) atoms. The van der Waals surface area contributed by atoms with Crippen molar-refractivity contribution in [2.45, 2.75) is 83.5 Å². The Morgan fingerprint density at radius 3 is 2.63 bits per heavy atom. The predicted molar refractivity (Wildman–Crippen MR) is 127 cm³/mol. The highest BCUT2D eigenvalue weighted by atomic mass is 127. The van der Waals surface area contributed by atoms with Crippen LogP contribution in [0.4, 0.5) is 0 Å². The number of fused-ring (bicyclic) bond motifs is 1. The third kappa shape index (κ3) is 5.18. The number of nitrogens with zero attached hydrogens (tertiary/aromatic N) is 2. The van der Waals surface area contributed by atoms with Crippen LogP contribution in [0.1, 0.15) is 58.4 Å². The van der Waals surface area contributed by atoms with E-state index in [1.165, 1.54) is 22.0 Å². The van der Waals surface area contributed by atoms with E-state index in [-0.39, 0.29) is 24.0 Å². The van der Waals surface area contributed by atoms with E-state index in [0.717, 1.165) is 19.3 Å². The lowest BCUT2D eigenvalue weighted by molar-refractivity contribution is -0.152. The molecule has 2 aliphatic rings. The summed E-state index contributed by atoms with van der Waals surface area (Å²) in [4.78, 5) is 30.3. The SMILES string of the molecule is CCOC(=O)[C@H](CCc1ccc(I)cc1)N(C)[C@@H](C)C(=O)N1[C@H](C)C[C@@H]2CCC[C@@H]21. The first-order valence-electron chi connectivity index (χ1n) is 11.3. The number of hydrogen-bond acceptors (Lipinski definition) is 4. The Kier molecular flexibility index (Phi) is 8.18. The third-order valence-electron chi connectivity index (χ3n) is 6.99. The zero-order chi connectivity index (χ0) is 21.8. The molecule has 0 radical (unpaired) electrons. The quantitative estimate of drug-likeness (QED) is 0.375. The molecule has 1 amide bonds. The summed E-state index contributed by atoms with van der Waals surface area (Å²) in [6, 6.07) is 8.26. The number of amides is 1. The smallest absolute Gasteiger partial charge is 0.323 e. The molecular formula is C24H35IN2O3. The number of carbonyl (C=O) groups is 2. The summed E-state index contributed by atoms with van der Waals surface area (Å²) in [5.74, 6) is 0.574. The molecule has 1 saturated heterocycles. The molecule has 5 nitrogen and oxygen atoms in total. The number of benzene rings is 1. The molecule has 0 bridgehead atoms. The van der Waals surface area contributed by atoms with Crippen molar-refractivity contribution in [3.8, 4) is 0 Å². The number of likely N-dealkylation sites (tertiary alicyclic amines) is 1. The second kappa shape index (κ2) is 10.4. The van der Waals surface area contributed by atoms with Gasteiger partial charge < -0.3 is 9.64 Å². The first-order chi connectivity index (χ1) is 14.3. The summed E-state index contributed by atoms with van der Waals surface area (Å²) in [6.45, 7) is 6.29. The van der Waals surface area contributed by atoms with Crippen LogP contribution in [-0.2, 0) is 20.7 Å². The van der Waals surface area contributed by atoms with E-state index in [4.69, 9.17) is 4.74 Å². The van der Waals surface area contributed by atoms with Gasteiger partial charge in [-0.25, -0.2) is 0 Å². The van der Waals surface area contributed by atoms with Crippen molar-refractivity contribution in [3.05, 3.63) is 33.4 Å². The maximum absolute atomic E-state index is 13.5. The molecule has 1 aliphatic carbocycles. The number of ether oxygens (including phenoxy) is 1. The lowest BCUT2D eigenvalue weighted by Gasteiger charge is -2.36. The first kappa shape index (κ1) is 23.5. The van der Waals surface area contributed by atoms with Crippen LogP contribution >= 0.6 is 22.6 Å². The third-order valence-corrected chi connectivity index (χ3v) is 7.71. The van der Waals surface area contributed by atoms with Gasteiger partial charge in [0.15, 0.2) is 0 Å². The number of carbonyl (C=O) groups excluding carboxylic acids is 2. The lowest BCUT2D eigenvalue weighted by Crippen LogP contribution is -2.54. The highest BCUT2D eigenvalue weighted by Gasteiger charge is 2.46. The maximum atomic E-state index is 13.5. The summed E-state index contributed by atoms with van der Waals surface area (Å²) in [5, 5.41) is 0. The van der Waals surface area contributed by atoms with Crippen molar-refractivity contribution in [2.24, 2.45) is 5.92 Å². The van der Waals surface area contributed by atoms with E-state index >= 15 is 0 Å². The largest absolute Gasteiger partial charge is 0.465 e. The standard InChI is InChI=1S/C24H35IN2O3/c1-5-30-24(29)22(14-11-18-9-12-20(25)13-10-18)26(4)17(3)23(28)27-16(2)15-19-7-6-8-21(19)27/h9-10,12-13,16-17,19,21-22H,5-8,11,14-15H2,1-4H3/t16-,17+,19+,21+,22+/m1/s1. The molecule has 1 saturated carbocycles. The normalized spacial score (nSPS) is 25.3. The number of rotatable bonds is 8. The minimum atomic E-state index is -0.430. The van der Waals surface area contributed by atoms with Gasteiger partial charge in [0, 0.05) is 15.7 Å². The van der Waals surface area contributed by atoms with Gasteiger partial charge in [-0.1, -0.05) is 18.6 Å². The van der Waals surface area contributed by atoms with Gasteiger partial charge in [0.1, 0.15) is 6.04 Å². The van der Waals surface area contributed by atoms with Crippen LogP contribution in [0.5, 0.6) is 0 Å². The van der Waals surface area contributed by atoms with Gasteiger partial charge in [-0.05, 0) is 106 Å². The number of esters is 1. The summed E-state index contributed by atoms with van der Waals surface area (Å²) >= 11 is 2.29. The molecule has 0 N–H and O–H groups in total. The lowest BCUT2D eigenvalue weighted by atomic mass is 10.0. The topological polar surface area (TPSA) is 49.9 Å². The summed E-state index contributed by atoms with van der Waals surface area (Å²) in [7, 11) is 1.89. The van der Waals surface area contributed by atoms with Crippen molar-refractivity contribution in [3.63, 3.8) is 0 Å². The molecule has 0 aromatic heterocycles. The monoisotopic (exact) mass is 526 g/mol. The van der Waals surface area contributed by atoms with Crippen LogP contribution in [0.2, 0.25) is 0 Å². The molecule has 2 fully saturated rings. The molecule has 166 valence electrons. The van der Waals surface area contributed by atoms with Gasteiger partial charge in [0.25, 0.3) is 0 Å². The summed E-state index contributed by atoms with van der Waals surface area (Å²) < 4.78 is 6.57. The van der Waals surface area contributed by atoms with Gasteiger partial charge in [-0.15, -0.1) is 0 Å². The second-order valence-corrected chi connectivity index (χ2v) is 10.1. The van der Waals surface area contributed by atoms with Crippen LogP contribution in [-0.4, -0.2) is 59.5 Å². The Labute approximate surface area is 194 Å². The van der Waals surface area contributed by atoms with Crippen molar-refractivity contribution in [2.75, 3.05) is 13.7 Å². The number of likely N-dealkylation sites (N-methyl/N-ethyl adjacent to an activating group) is 1. The fraction of sp³-hybridized carbons (Fsp3) is 0.667. The molecule has 0 unspecified atom stereocenters. The number of aryl methyl sites for hydroxylation is 1. The fourth-order valence-corrected chi connectivity index (χ4v) is 5.62. The van der Waals surface area contributed by atoms with Gasteiger partial charge in [0.2, 0.25) is 5.91 Å². The Morgan fingerprint density at radius 2 is 1.97 bits per heavy atom. The van der Waals surface area contributed by atoms with Gasteiger partial charge >= 0.3 is 5.97 Å². The predicted octanol–water partition coefficient (Wildman–Crippen LogP) is 4.27. The Bertz CT molecular complexity index is 738. The van der Waals surface area contributed by atoms with Crippen LogP contribution < -0.4 is 0 Å². The molecule has 1 heterocycles. The minimum Gasteiger partial charge on any atom is -0.465 e. The average Bonchev–Trinajstić information content (AvgIpc) is 3.28. The number of hydrogen-bond donors (Lipinski definition) is 0. The molecule has 0 spiro atoms. The van der Waals surface area contributed by atoms with E-state index < -0.39 is 6.04 Å². The first-order valence-corrected chi connectivity index (χ1v) is 12.4.